The first-order valence-electron chi connectivity index (χ1n) is 11.8. The van der Waals surface area contributed by atoms with E-state index in [2.05, 4.69) is 26.6 Å². The number of nitrogens with zero attached hydrogens (tertiary/aromatic N) is 1. The second-order valence-corrected chi connectivity index (χ2v) is 9.89. The lowest BCUT2D eigenvalue weighted by Gasteiger charge is -2.26. The molecule has 1 amide bonds. The number of nitro groups is 1. The normalized spacial score (nSPS) is 24.4. The van der Waals surface area contributed by atoms with Gasteiger partial charge in [-0.05, 0) is 59.1 Å². The zero-order chi connectivity index (χ0) is 25.4. The Morgan fingerprint density at radius 3 is 2.53 bits per heavy atom. The van der Waals surface area contributed by atoms with Crippen molar-refractivity contribution in [2.24, 2.45) is 0 Å². The van der Waals surface area contributed by atoms with E-state index in [1.54, 1.807) is 30.3 Å². The summed E-state index contributed by atoms with van der Waals surface area (Å²) < 4.78 is 12.6. The first kappa shape index (κ1) is 24.3. The maximum atomic E-state index is 13.3. The summed E-state index contributed by atoms with van der Waals surface area (Å²) in [5, 5.41) is 18.7. The molecule has 0 radical (unpaired) electrons. The average Bonchev–Trinajstić information content (AvgIpc) is 3.33. The number of hydrogen-bond acceptors (Lipinski definition) is 6. The van der Waals surface area contributed by atoms with E-state index in [0.29, 0.717) is 46.0 Å². The molecule has 0 aliphatic carbocycles. The number of anilines is 1. The fourth-order valence-electron chi connectivity index (χ4n) is 5.47. The van der Waals surface area contributed by atoms with Gasteiger partial charge in [-0.1, -0.05) is 48.5 Å². The Labute approximate surface area is 217 Å². The van der Waals surface area contributed by atoms with Crippen molar-refractivity contribution in [2.75, 3.05) is 11.9 Å². The van der Waals surface area contributed by atoms with Gasteiger partial charge in [0.2, 0.25) is 0 Å². The number of benzene rings is 3. The Bertz CT molecular complexity index is 1320. The second-order valence-electron chi connectivity index (χ2n) is 9.03. The predicted molar refractivity (Wildman–Crippen MR) is 139 cm³/mol. The van der Waals surface area contributed by atoms with Gasteiger partial charge in [0.15, 0.2) is 17.0 Å². The van der Waals surface area contributed by atoms with Crippen molar-refractivity contribution in [3.8, 4) is 11.5 Å². The van der Waals surface area contributed by atoms with Crippen molar-refractivity contribution < 1.29 is 19.2 Å². The van der Waals surface area contributed by atoms with Gasteiger partial charge < -0.3 is 14.8 Å². The van der Waals surface area contributed by atoms with E-state index >= 15 is 0 Å². The third-order valence-electron chi connectivity index (χ3n) is 6.91. The molecule has 1 saturated heterocycles. The summed E-state index contributed by atoms with van der Waals surface area (Å²) in [4.78, 5) is 25.5. The van der Waals surface area contributed by atoms with Crippen molar-refractivity contribution in [3.05, 3.63) is 98.0 Å². The molecule has 1 fully saturated rings. The molecule has 0 bridgehead atoms. The van der Waals surface area contributed by atoms with Crippen LogP contribution in [0.1, 0.15) is 36.5 Å². The highest BCUT2D eigenvalue weighted by Gasteiger charge is 2.67. The Morgan fingerprint density at radius 1 is 1.08 bits per heavy atom. The number of nitrogens with one attached hydrogen (secondary N) is 2. The van der Waals surface area contributed by atoms with E-state index in [9.17, 15) is 14.9 Å². The Kier molecular flexibility index (Phi) is 6.44. The maximum Gasteiger partial charge on any atom is 0.256 e. The van der Waals surface area contributed by atoms with Crippen molar-refractivity contribution in [1.29, 1.82) is 0 Å². The van der Waals surface area contributed by atoms with Gasteiger partial charge in [0.25, 0.3) is 11.9 Å². The molecule has 5 rings (SSSR count). The van der Waals surface area contributed by atoms with Crippen LogP contribution >= 0.6 is 15.9 Å². The lowest BCUT2D eigenvalue weighted by atomic mass is 9.78. The van der Waals surface area contributed by atoms with Gasteiger partial charge in [0.05, 0.1) is 17.0 Å². The number of hydrogen-bond donors (Lipinski definition) is 2. The molecule has 1 spiro atoms. The largest absolute Gasteiger partial charge is 0.490 e. The molecular formula is C27H26BrN3O5. The SMILES string of the molecule is CCOc1cc([C@@H]2[C@H](C)N[C@]3(C(=O)Nc4ccccc43)[C@@H]2[N+](=O)[O-])cc(Br)c1OCc1ccccc1. The lowest BCUT2D eigenvalue weighted by Crippen LogP contribution is -2.54. The predicted octanol–water partition coefficient (Wildman–Crippen LogP) is 5.00. The number of carbonyl (C=O) groups is 1. The number of fused-ring (bicyclic) bond motifs is 2. The van der Waals surface area contributed by atoms with Gasteiger partial charge in [-0.3, -0.25) is 20.2 Å². The zero-order valence-corrected chi connectivity index (χ0v) is 21.4. The molecular weight excluding hydrogens is 526 g/mol. The fourth-order valence-corrected chi connectivity index (χ4v) is 6.04. The molecule has 0 saturated carbocycles. The first-order chi connectivity index (χ1) is 17.4. The van der Waals surface area contributed by atoms with Crippen LogP contribution in [-0.2, 0) is 16.9 Å². The highest BCUT2D eigenvalue weighted by Crippen LogP contribution is 2.51. The van der Waals surface area contributed by atoms with E-state index in [-0.39, 0.29) is 11.0 Å². The van der Waals surface area contributed by atoms with Crippen LogP contribution in [0.5, 0.6) is 11.5 Å². The average molecular weight is 552 g/mol. The van der Waals surface area contributed by atoms with Crippen LogP contribution in [0.3, 0.4) is 0 Å². The van der Waals surface area contributed by atoms with Crippen LogP contribution in [0.25, 0.3) is 0 Å². The number of amides is 1. The van der Waals surface area contributed by atoms with Crippen molar-refractivity contribution in [2.45, 2.75) is 44.0 Å². The lowest BCUT2D eigenvalue weighted by molar-refractivity contribution is -0.532. The molecule has 36 heavy (non-hydrogen) atoms. The molecule has 2 heterocycles. The van der Waals surface area contributed by atoms with Gasteiger partial charge in [-0.15, -0.1) is 0 Å². The van der Waals surface area contributed by atoms with Crippen molar-refractivity contribution >= 4 is 27.5 Å². The van der Waals surface area contributed by atoms with Gasteiger partial charge in [-0.2, -0.15) is 0 Å². The minimum Gasteiger partial charge on any atom is -0.490 e. The molecule has 0 unspecified atom stereocenters. The highest BCUT2D eigenvalue weighted by atomic mass is 79.9. The molecule has 3 aromatic rings. The number of halogens is 1. The van der Waals surface area contributed by atoms with E-state index in [1.165, 1.54) is 0 Å². The summed E-state index contributed by atoms with van der Waals surface area (Å²) in [5.41, 5.74) is 1.41. The molecule has 8 nitrogen and oxygen atoms in total. The van der Waals surface area contributed by atoms with Gasteiger partial charge >= 0.3 is 0 Å². The van der Waals surface area contributed by atoms with Gasteiger partial charge in [-0.25, -0.2) is 0 Å². The highest BCUT2D eigenvalue weighted by molar-refractivity contribution is 9.10. The molecule has 186 valence electrons. The molecule has 2 aliphatic heterocycles. The quantitative estimate of drug-likeness (QED) is 0.316. The fraction of sp³-hybridized carbons (Fsp3) is 0.296. The molecule has 3 aromatic carbocycles. The summed E-state index contributed by atoms with van der Waals surface area (Å²) in [5.74, 6) is 0.00552. The summed E-state index contributed by atoms with van der Waals surface area (Å²) in [6, 6.07) is 18.9. The summed E-state index contributed by atoms with van der Waals surface area (Å²) in [6.45, 7) is 4.49. The van der Waals surface area contributed by atoms with Crippen LogP contribution in [0.4, 0.5) is 5.69 Å². The number of rotatable bonds is 7. The van der Waals surface area contributed by atoms with Crippen LogP contribution in [0, 0.1) is 10.1 Å². The summed E-state index contributed by atoms with van der Waals surface area (Å²) in [6.07, 6.45) is 0. The van der Waals surface area contributed by atoms with E-state index in [4.69, 9.17) is 9.47 Å². The molecule has 4 atom stereocenters. The van der Waals surface area contributed by atoms with Crippen LogP contribution in [0.2, 0.25) is 0 Å². The third-order valence-corrected chi connectivity index (χ3v) is 7.49. The van der Waals surface area contributed by atoms with E-state index in [1.807, 2.05) is 50.2 Å². The Hall–Kier alpha value is -3.43. The van der Waals surface area contributed by atoms with Gasteiger partial charge in [0.1, 0.15) is 6.61 Å². The van der Waals surface area contributed by atoms with E-state index in [0.717, 1.165) is 5.56 Å². The third kappa shape index (κ3) is 3.92. The topological polar surface area (TPSA) is 103 Å². The Balaban J connectivity index is 1.56. The Morgan fingerprint density at radius 2 is 1.81 bits per heavy atom. The summed E-state index contributed by atoms with van der Waals surface area (Å²) in [7, 11) is 0. The number of carbonyl (C=O) groups excluding carboxylic acids is 1. The maximum absolute atomic E-state index is 13.3. The number of para-hydroxylation sites is 1. The molecule has 0 aromatic heterocycles. The minimum absolute atomic E-state index is 0.336. The van der Waals surface area contributed by atoms with Crippen LogP contribution < -0.4 is 20.1 Å². The van der Waals surface area contributed by atoms with Crippen LogP contribution in [0.15, 0.2) is 71.2 Å². The minimum atomic E-state index is -1.47. The standard InChI is InChI=1S/C27H26BrN3O5/c1-3-35-22-14-18(13-20(28)24(22)36-15-17-9-5-4-6-10-17)23-16(2)30-27(25(23)31(33)34)19-11-7-8-12-21(19)29-26(27)32/h4-14,16,23,25,30H,3,15H2,1-2H3,(H,29,32)/t16-,23-,25+,27-/m0/s1. The number of ether oxygens (including phenoxy) is 2. The monoisotopic (exact) mass is 551 g/mol. The molecule has 2 N–H and O–H groups in total. The first-order valence-corrected chi connectivity index (χ1v) is 12.6. The second kappa shape index (κ2) is 9.55. The smallest absolute Gasteiger partial charge is 0.256 e. The van der Waals surface area contributed by atoms with Gasteiger partial charge in [0, 0.05) is 22.2 Å². The van der Waals surface area contributed by atoms with Crippen LogP contribution in [-0.4, -0.2) is 29.5 Å². The molecule has 9 heteroatoms. The van der Waals surface area contributed by atoms with Crippen molar-refractivity contribution in [3.63, 3.8) is 0 Å². The summed E-state index contributed by atoms with van der Waals surface area (Å²) >= 11 is 3.60. The van der Waals surface area contributed by atoms with Crippen molar-refractivity contribution in [1.82, 2.24) is 5.32 Å². The zero-order valence-electron chi connectivity index (χ0n) is 19.9. The molecule has 2 aliphatic rings. The van der Waals surface area contributed by atoms with E-state index < -0.39 is 23.4 Å².